The van der Waals surface area contributed by atoms with Crippen LogP contribution in [0.4, 0.5) is 0 Å². The molecular formula is C13H19Br2N. The minimum atomic E-state index is 0.435. The van der Waals surface area contributed by atoms with Crippen LogP contribution in [0.3, 0.4) is 0 Å². The van der Waals surface area contributed by atoms with Crippen LogP contribution in [0.15, 0.2) is 27.1 Å². The van der Waals surface area contributed by atoms with Gasteiger partial charge in [0.2, 0.25) is 0 Å². The molecule has 0 spiro atoms. The van der Waals surface area contributed by atoms with Gasteiger partial charge in [0.1, 0.15) is 0 Å². The predicted molar refractivity (Wildman–Crippen MR) is 77.7 cm³/mol. The number of hydrogen-bond acceptors (Lipinski definition) is 1. The molecule has 0 fully saturated rings. The average molecular weight is 349 g/mol. The first-order chi connectivity index (χ1) is 7.54. The second kappa shape index (κ2) is 6.77. The van der Waals surface area contributed by atoms with Gasteiger partial charge in [-0.25, -0.2) is 0 Å². The predicted octanol–water partition coefficient (Wildman–Crippen LogP) is 4.91. The molecule has 90 valence electrons. The fourth-order valence-corrected chi connectivity index (χ4v) is 3.06. The molecular weight excluding hydrogens is 330 g/mol. The Balaban J connectivity index is 2.78. The standard InChI is InChI=1S/C13H19Br2N/c1-9(2)4-7-13(16-3)11-6-5-10(14)8-12(11)15/h5-6,8-9,13,16H,4,7H2,1-3H3. The normalized spacial score (nSPS) is 13.1. The average Bonchev–Trinajstić information content (AvgIpc) is 2.21. The molecule has 1 nitrogen and oxygen atoms in total. The summed E-state index contributed by atoms with van der Waals surface area (Å²) in [6.45, 7) is 4.53. The van der Waals surface area contributed by atoms with Crippen LogP contribution in [-0.4, -0.2) is 7.05 Å². The molecule has 0 aliphatic carbocycles. The SMILES string of the molecule is CNC(CCC(C)C)c1ccc(Br)cc1Br. The van der Waals surface area contributed by atoms with E-state index in [9.17, 15) is 0 Å². The van der Waals surface area contributed by atoms with Gasteiger partial charge in [0.15, 0.2) is 0 Å². The minimum absolute atomic E-state index is 0.435. The Morgan fingerprint density at radius 2 is 1.88 bits per heavy atom. The Kier molecular flexibility index (Phi) is 6.01. The number of halogens is 2. The number of nitrogens with one attached hydrogen (secondary N) is 1. The topological polar surface area (TPSA) is 12.0 Å². The molecule has 1 atom stereocenters. The largest absolute Gasteiger partial charge is 0.313 e. The van der Waals surface area contributed by atoms with Crippen LogP contribution in [0, 0.1) is 5.92 Å². The molecule has 0 radical (unpaired) electrons. The molecule has 1 rings (SSSR count). The zero-order valence-electron chi connectivity index (χ0n) is 10.1. The van der Waals surface area contributed by atoms with Gasteiger partial charge in [-0.1, -0.05) is 51.8 Å². The van der Waals surface area contributed by atoms with E-state index < -0.39 is 0 Å². The summed E-state index contributed by atoms with van der Waals surface area (Å²) in [5.41, 5.74) is 1.34. The van der Waals surface area contributed by atoms with E-state index in [2.05, 4.69) is 69.2 Å². The van der Waals surface area contributed by atoms with Gasteiger partial charge in [-0.05, 0) is 43.5 Å². The summed E-state index contributed by atoms with van der Waals surface area (Å²) in [7, 11) is 2.03. The van der Waals surface area contributed by atoms with Crippen molar-refractivity contribution >= 4 is 31.9 Å². The molecule has 0 aliphatic heterocycles. The van der Waals surface area contributed by atoms with E-state index in [0.29, 0.717) is 6.04 Å². The van der Waals surface area contributed by atoms with Crippen molar-refractivity contribution in [3.63, 3.8) is 0 Å². The summed E-state index contributed by atoms with van der Waals surface area (Å²) in [5, 5.41) is 3.39. The smallest absolute Gasteiger partial charge is 0.0328 e. The molecule has 0 saturated carbocycles. The number of hydrogen-bond donors (Lipinski definition) is 1. The third kappa shape index (κ3) is 4.19. The van der Waals surface area contributed by atoms with Crippen molar-refractivity contribution in [1.82, 2.24) is 5.32 Å². The van der Waals surface area contributed by atoms with E-state index in [-0.39, 0.29) is 0 Å². The molecule has 1 aromatic carbocycles. The maximum atomic E-state index is 3.63. The Hall–Kier alpha value is 0.140. The molecule has 3 heteroatoms. The molecule has 1 aromatic rings. The van der Waals surface area contributed by atoms with Crippen LogP contribution < -0.4 is 5.32 Å². The number of rotatable bonds is 5. The van der Waals surface area contributed by atoms with Crippen molar-refractivity contribution in [3.8, 4) is 0 Å². The summed E-state index contributed by atoms with van der Waals surface area (Å²) < 4.78 is 2.28. The monoisotopic (exact) mass is 347 g/mol. The van der Waals surface area contributed by atoms with E-state index in [0.717, 1.165) is 10.4 Å². The Morgan fingerprint density at radius 3 is 2.38 bits per heavy atom. The van der Waals surface area contributed by atoms with Crippen molar-refractivity contribution in [2.24, 2.45) is 5.92 Å². The van der Waals surface area contributed by atoms with E-state index in [1.54, 1.807) is 0 Å². The first-order valence-corrected chi connectivity index (χ1v) is 7.25. The van der Waals surface area contributed by atoms with Crippen LogP contribution >= 0.6 is 31.9 Å². The lowest BCUT2D eigenvalue weighted by molar-refractivity contribution is 0.464. The van der Waals surface area contributed by atoms with Crippen molar-refractivity contribution in [3.05, 3.63) is 32.7 Å². The highest BCUT2D eigenvalue weighted by molar-refractivity contribution is 9.11. The molecule has 1 N–H and O–H groups in total. The van der Waals surface area contributed by atoms with E-state index >= 15 is 0 Å². The van der Waals surface area contributed by atoms with Crippen molar-refractivity contribution in [2.75, 3.05) is 7.05 Å². The van der Waals surface area contributed by atoms with Crippen LogP contribution in [0.2, 0.25) is 0 Å². The van der Waals surface area contributed by atoms with Gasteiger partial charge in [0, 0.05) is 15.0 Å². The van der Waals surface area contributed by atoms with Crippen molar-refractivity contribution < 1.29 is 0 Å². The molecule has 16 heavy (non-hydrogen) atoms. The molecule has 1 unspecified atom stereocenters. The van der Waals surface area contributed by atoms with Crippen molar-refractivity contribution in [1.29, 1.82) is 0 Å². The highest BCUT2D eigenvalue weighted by atomic mass is 79.9. The van der Waals surface area contributed by atoms with Gasteiger partial charge in [0.25, 0.3) is 0 Å². The lowest BCUT2D eigenvalue weighted by Gasteiger charge is -2.19. The summed E-state index contributed by atoms with van der Waals surface area (Å²) >= 11 is 7.10. The lowest BCUT2D eigenvalue weighted by Crippen LogP contribution is -2.17. The second-order valence-corrected chi connectivity index (χ2v) is 6.25. The molecule has 0 amide bonds. The molecule has 0 bridgehead atoms. The Bertz CT molecular complexity index is 337. The molecule has 0 aromatic heterocycles. The van der Waals surface area contributed by atoms with Gasteiger partial charge in [-0.15, -0.1) is 0 Å². The molecule has 0 aliphatic rings. The van der Waals surface area contributed by atoms with Crippen molar-refractivity contribution in [2.45, 2.75) is 32.7 Å². The van der Waals surface area contributed by atoms with Gasteiger partial charge in [-0.2, -0.15) is 0 Å². The second-order valence-electron chi connectivity index (χ2n) is 4.48. The lowest BCUT2D eigenvalue weighted by atomic mass is 9.98. The maximum absolute atomic E-state index is 3.63. The van der Waals surface area contributed by atoms with E-state index in [1.165, 1.54) is 22.9 Å². The van der Waals surface area contributed by atoms with Gasteiger partial charge < -0.3 is 5.32 Å². The summed E-state index contributed by atoms with van der Waals surface area (Å²) in [6.07, 6.45) is 2.42. The van der Waals surface area contributed by atoms with Gasteiger partial charge >= 0.3 is 0 Å². The first-order valence-electron chi connectivity index (χ1n) is 5.66. The highest BCUT2D eigenvalue weighted by Crippen LogP contribution is 2.29. The van der Waals surface area contributed by atoms with Crippen LogP contribution in [0.5, 0.6) is 0 Å². The molecule has 0 saturated heterocycles. The fraction of sp³-hybridized carbons (Fsp3) is 0.538. The quantitative estimate of drug-likeness (QED) is 0.797. The number of benzene rings is 1. The fourth-order valence-electron chi connectivity index (χ4n) is 1.74. The summed E-state index contributed by atoms with van der Waals surface area (Å²) in [4.78, 5) is 0. The summed E-state index contributed by atoms with van der Waals surface area (Å²) in [6, 6.07) is 6.81. The zero-order chi connectivity index (χ0) is 12.1. The Morgan fingerprint density at radius 1 is 1.19 bits per heavy atom. The van der Waals surface area contributed by atoms with Gasteiger partial charge in [0.05, 0.1) is 0 Å². The molecule has 0 heterocycles. The highest BCUT2D eigenvalue weighted by Gasteiger charge is 2.13. The van der Waals surface area contributed by atoms with E-state index in [1.807, 2.05) is 7.05 Å². The maximum Gasteiger partial charge on any atom is 0.0328 e. The van der Waals surface area contributed by atoms with Crippen LogP contribution in [-0.2, 0) is 0 Å². The first kappa shape index (κ1) is 14.2. The van der Waals surface area contributed by atoms with E-state index in [4.69, 9.17) is 0 Å². The van der Waals surface area contributed by atoms with Crippen LogP contribution in [0.1, 0.15) is 38.3 Å². The third-order valence-corrected chi connectivity index (χ3v) is 3.90. The van der Waals surface area contributed by atoms with Gasteiger partial charge in [-0.3, -0.25) is 0 Å². The van der Waals surface area contributed by atoms with Crippen LogP contribution in [0.25, 0.3) is 0 Å². The summed E-state index contributed by atoms with van der Waals surface area (Å²) in [5.74, 6) is 0.755. The third-order valence-electron chi connectivity index (χ3n) is 2.72. The minimum Gasteiger partial charge on any atom is -0.313 e. The zero-order valence-corrected chi connectivity index (χ0v) is 13.2. The Labute approximate surface area is 115 Å².